The molecule has 0 aromatic heterocycles. The molecule has 1 aromatic carbocycles. The van der Waals surface area contributed by atoms with Crippen molar-refractivity contribution < 1.29 is 9.18 Å². The van der Waals surface area contributed by atoms with Gasteiger partial charge >= 0.3 is 0 Å². The van der Waals surface area contributed by atoms with E-state index in [2.05, 4.69) is 5.32 Å². The zero-order valence-electron chi connectivity index (χ0n) is 10.5. The van der Waals surface area contributed by atoms with Crippen LogP contribution < -0.4 is 11.1 Å². The summed E-state index contributed by atoms with van der Waals surface area (Å²) in [5.41, 5.74) is 5.32. The topological polar surface area (TPSA) is 55.1 Å². The third-order valence-corrected chi connectivity index (χ3v) is 4.16. The van der Waals surface area contributed by atoms with Crippen molar-refractivity contribution in [3.8, 4) is 0 Å². The number of carbonyl (C=O) groups excluding carboxylic acids is 1. The first kappa shape index (κ1) is 14.6. The maximum Gasteiger partial charge on any atom is 0.253 e. The Morgan fingerprint density at radius 3 is 2.63 bits per heavy atom. The van der Waals surface area contributed by atoms with Crippen LogP contribution in [0.4, 0.5) is 4.39 Å². The van der Waals surface area contributed by atoms with Gasteiger partial charge in [0.25, 0.3) is 5.91 Å². The van der Waals surface area contributed by atoms with E-state index in [0.29, 0.717) is 12.5 Å². The Balaban J connectivity index is 2.22. The first-order valence-corrected chi connectivity index (χ1v) is 6.80. The van der Waals surface area contributed by atoms with Gasteiger partial charge in [-0.1, -0.05) is 23.2 Å². The van der Waals surface area contributed by atoms with Gasteiger partial charge in [0.15, 0.2) is 0 Å². The van der Waals surface area contributed by atoms with Crippen molar-refractivity contribution in [2.45, 2.75) is 25.3 Å². The molecule has 2 rings (SSSR count). The van der Waals surface area contributed by atoms with Gasteiger partial charge in [-0.3, -0.25) is 4.79 Å². The third kappa shape index (κ3) is 3.02. The third-order valence-electron chi connectivity index (χ3n) is 3.56. The predicted molar refractivity (Wildman–Crippen MR) is 74.1 cm³/mol. The van der Waals surface area contributed by atoms with Crippen LogP contribution in [0.1, 0.15) is 30.1 Å². The number of halogens is 3. The van der Waals surface area contributed by atoms with Crippen molar-refractivity contribution in [3.63, 3.8) is 0 Å². The molecule has 1 aliphatic carbocycles. The van der Waals surface area contributed by atoms with Crippen LogP contribution in [0.15, 0.2) is 12.1 Å². The van der Waals surface area contributed by atoms with E-state index in [9.17, 15) is 9.18 Å². The van der Waals surface area contributed by atoms with Gasteiger partial charge in [-0.15, -0.1) is 0 Å². The smallest absolute Gasteiger partial charge is 0.253 e. The number of carbonyl (C=O) groups is 1. The summed E-state index contributed by atoms with van der Waals surface area (Å²) in [5, 5.41) is 2.87. The highest BCUT2D eigenvalue weighted by atomic mass is 35.5. The average molecular weight is 305 g/mol. The van der Waals surface area contributed by atoms with Crippen LogP contribution in [0.2, 0.25) is 10.0 Å². The Morgan fingerprint density at radius 1 is 1.47 bits per heavy atom. The molecule has 0 aliphatic heterocycles. The first-order chi connectivity index (χ1) is 8.87. The van der Waals surface area contributed by atoms with Gasteiger partial charge in [0, 0.05) is 6.54 Å². The molecule has 0 bridgehead atoms. The molecular formula is C13H15Cl2FN2O. The largest absolute Gasteiger partial charge is 0.345 e. The highest BCUT2D eigenvalue weighted by Gasteiger charge is 2.41. The maximum absolute atomic E-state index is 13.4. The summed E-state index contributed by atoms with van der Waals surface area (Å²) in [4.78, 5) is 12.2. The molecule has 0 heterocycles. The van der Waals surface area contributed by atoms with E-state index in [1.165, 1.54) is 6.07 Å². The summed E-state index contributed by atoms with van der Waals surface area (Å²) in [6.45, 7) is 2.22. The molecule has 1 atom stereocenters. The molecule has 3 N–H and O–H groups in total. The monoisotopic (exact) mass is 304 g/mol. The Hall–Kier alpha value is -0.840. The van der Waals surface area contributed by atoms with Crippen LogP contribution in [0.25, 0.3) is 0 Å². The van der Waals surface area contributed by atoms with Gasteiger partial charge < -0.3 is 11.1 Å². The lowest BCUT2D eigenvalue weighted by molar-refractivity contribution is 0.0897. The van der Waals surface area contributed by atoms with E-state index < -0.39 is 17.3 Å². The second kappa shape index (κ2) is 5.27. The van der Waals surface area contributed by atoms with Crippen LogP contribution in [0.3, 0.4) is 0 Å². The lowest BCUT2D eigenvalue weighted by atomic mass is 9.95. The zero-order valence-corrected chi connectivity index (χ0v) is 12.0. The maximum atomic E-state index is 13.4. The predicted octanol–water partition coefficient (Wildman–Crippen LogP) is 2.99. The molecule has 1 fully saturated rings. The number of amides is 1. The van der Waals surface area contributed by atoms with Gasteiger partial charge in [0.2, 0.25) is 0 Å². The highest BCUT2D eigenvalue weighted by molar-refractivity contribution is 6.36. The van der Waals surface area contributed by atoms with Crippen molar-refractivity contribution in [2.75, 3.05) is 6.54 Å². The van der Waals surface area contributed by atoms with Crippen molar-refractivity contribution in [1.29, 1.82) is 0 Å². The Kier molecular flexibility index (Phi) is 4.04. The van der Waals surface area contributed by atoms with E-state index >= 15 is 0 Å². The summed E-state index contributed by atoms with van der Waals surface area (Å²) in [6.07, 6.45) is 2.08. The summed E-state index contributed by atoms with van der Waals surface area (Å²) < 4.78 is 13.4. The van der Waals surface area contributed by atoms with E-state index in [-0.39, 0.29) is 15.6 Å². The van der Waals surface area contributed by atoms with Gasteiger partial charge in [0.1, 0.15) is 5.82 Å². The molecule has 1 unspecified atom stereocenters. The fraction of sp³-hybridized carbons (Fsp3) is 0.462. The summed E-state index contributed by atoms with van der Waals surface area (Å²) in [7, 11) is 0. The fourth-order valence-corrected chi connectivity index (χ4v) is 2.53. The standard InChI is InChI=1S/C13H15Cl2FN2O/c1-13(6-17,7-2-3-7)18-12(19)8-4-11(16)10(15)5-9(8)14/h4-5,7H,2-3,6,17H2,1H3,(H,18,19). The van der Waals surface area contributed by atoms with Crippen LogP contribution in [-0.2, 0) is 0 Å². The molecule has 0 radical (unpaired) electrons. The van der Waals surface area contributed by atoms with E-state index in [0.717, 1.165) is 18.9 Å². The fourth-order valence-electron chi connectivity index (χ4n) is 2.06. The molecule has 0 saturated heterocycles. The van der Waals surface area contributed by atoms with Crippen LogP contribution in [0, 0.1) is 11.7 Å². The molecule has 19 heavy (non-hydrogen) atoms. The average Bonchev–Trinajstić information content (AvgIpc) is 3.17. The summed E-state index contributed by atoms with van der Waals surface area (Å²) in [6, 6.07) is 2.27. The Morgan fingerprint density at radius 2 is 2.11 bits per heavy atom. The lowest BCUT2D eigenvalue weighted by Gasteiger charge is -2.29. The first-order valence-electron chi connectivity index (χ1n) is 6.04. The Labute approximate surface area is 121 Å². The number of hydrogen-bond donors (Lipinski definition) is 2. The van der Waals surface area contributed by atoms with Crippen molar-refractivity contribution in [3.05, 3.63) is 33.6 Å². The summed E-state index contributed by atoms with van der Waals surface area (Å²) in [5.74, 6) is -0.727. The normalized spacial score (nSPS) is 17.9. The van der Waals surface area contributed by atoms with Gasteiger partial charge in [0.05, 0.1) is 21.1 Å². The highest BCUT2D eigenvalue weighted by Crippen LogP contribution is 2.39. The minimum atomic E-state index is -0.669. The number of nitrogens with one attached hydrogen (secondary N) is 1. The van der Waals surface area contributed by atoms with Gasteiger partial charge in [-0.05, 0) is 37.8 Å². The summed E-state index contributed by atoms with van der Waals surface area (Å²) >= 11 is 11.5. The van der Waals surface area contributed by atoms with Gasteiger partial charge in [-0.2, -0.15) is 0 Å². The molecule has 3 nitrogen and oxygen atoms in total. The molecule has 1 amide bonds. The zero-order chi connectivity index (χ0) is 14.2. The number of hydrogen-bond acceptors (Lipinski definition) is 2. The number of benzene rings is 1. The minimum Gasteiger partial charge on any atom is -0.345 e. The van der Waals surface area contributed by atoms with Gasteiger partial charge in [-0.25, -0.2) is 4.39 Å². The molecule has 104 valence electrons. The number of nitrogens with two attached hydrogens (primary N) is 1. The molecule has 1 aliphatic rings. The van der Waals surface area contributed by atoms with Crippen molar-refractivity contribution in [2.24, 2.45) is 11.7 Å². The molecule has 1 aromatic rings. The lowest BCUT2D eigenvalue weighted by Crippen LogP contribution is -2.53. The number of rotatable bonds is 4. The second-order valence-electron chi connectivity index (χ2n) is 5.10. The van der Waals surface area contributed by atoms with Crippen LogP contribution >= 0.6 is 23.2 Å². The Bertz CT molecular complexity index is 520. The van der Waals surface area contributed by atoms with E-state index in [1.54, 1.807) is 0 Å². The SMILES string of the molecule is CC(CN)(NC(=O)c1cc(F)c(Cl)cc1Cl)C1CC1. The minimum absolute atomic E-state index is 0.0730. The van der Waals surface area contributed by atoms with Crippen LogP contribution in [-0.4, -0.2) is 18.0 Å². The second-order valence-corrected chi connectivity index (χ2v) is 5.91. The molecule has 6 heteroatoms. The van der Waals surface area contributed by atoms with Crippen molar-refractivity contribution >= 4 is 29.1 Å². The molecule has 1 saturated carbocycles. The van der Waals surface area contributed by atoms with Crippen molar-refractivity contribution in [1.82, 2.24) is 5.32 Å². The molecule has 0 spiro atoms. The molecular weight excluding hydrogens is 290 g/mol. The van der Waals surface area contributed by atoms with E-state index in [1.807, 2.05) is 6.92 Å². The quantitative estimate of drug-likeness (QED) is 0.840. The van der Waals surface area contributed by atoms with E-state index in [4.69, 9.17) is 28.9 Å². The van der Waals surface area contributed by atoms with Crippen LogP contribution in [0.5, 0.6) is 0 Å².